The van der Waals surface area contributed by atoms with E-state index in [4.69, 9.17) is 11.6 Å². The molecule has 1 aromatic rings. The molecule has 0 aliphatic rings. The zero-order chi connectivity index (χ0) is 14.3. The highest BCUT2D eigenvalue weighted by Crippen LogP contribution is 2.10. The number of Topliss-reactive ketones (excluding diaryl/α,β-unsaturated/α-hetero) is 1. The Hall–Kier alpha value is -0.900. The van der Waals surface area contributed by atoms with Crippen LogP contribution in [0.2, 0.25) is 5.02 Å². The maximum atomic E-state index is 12.1. The normalized spacial score (nSPS) is 11.3. The second-order valence-electron chi connectivity index (χ2n) is 4.96. The number of halogens is 1. The van der Waals surface area contributed by atoms with Crippen LogP contribution in [0.1, 0.15) is 23.7 Å². The monoisotopic (exact) mass is 282 g/mol. The summed E-state index contributed by atoms with van der Waals surface area (Å²) >= 11 is 5.82. The van der Waals surface area contributed by atoms with E-state index in [9.17, 15) is 4.79 Å². The molecule has 0 heterocycles. The van der Waals surface area contributed by atoms with Crippen molar-refractivity contribution < 1.29 is 4.79 Å². The van der Waals surface area contributed by atoms with Crippen molar-refractivity contribution in [3.8, 4) is 0 Å². The summed E-state index contributed by atoms with van der Waals surface area (Å²) in [7, 11) is 4.13. The molecule has 0 spiro atoms. The molecule has 0 aliphatic carbocycles. The van der Waals surface area contributed by atoms with Gasteiger partial charge in [-0.15, -0.1) is 0 Å². The van der Waals surface area contributed by atoms with Crippen molar-refractivity contribution in [1.29, 1.82) is 0 Å². The molecule has 0 aromatic heterocycles. The number of carbonyl (C=O) groups excluding carboxylic acids is 1. The molecule has 0 radical (unpaired) electrons. The number of carbonyl (C=O) groups is 1. The van der Waals surface area contributed by atoms with Crippen LogP contribution >= 0.6 is 11.6 Å². The van der Waals surface area contributed by atoms with Gasteiger partial charge in [0.15, 0.2) is 5.78 Å². The average Bonchev–Trinajstić information content (AvgIpc) is 2.37. The summed E-state index contributed by atoms with van der Waals surface area (Å²) in [6, 6.07) is 7.10. The van der Waals surface area contributed by atoms with Crippen molar-refractivity contribution in [2.45, 2.75) is 13.3 Å². The van der Waals surface area contributed by atoms with E-state index < -0.39 is 0 Å². The Bertz CT molecular complexity index is 390. The molecule has 19 heavy (non-hydrogen) atoms. The predicted octanol–water partition coefficient (Wildman–Crippen LogP) is 2.80. The van der Waals surface area contributed by atoms with Gasteiger partial charge in [-0.05, 0) is 64.4 Å². The quantitative estimate of drug-likeness (QED) is 0.685. The zero-order valence-corrected chi connectivity index (χ0v) is 12.8. The largest absolute Gasteiger partial charge is 0.309 e. The Morgan fingerprint density at radius 1 is 1.16 bits per heavy atom. The van der Waals surface area contributed by atoms with Crippen molar-refractivity contribution in [2.75, 3.05) is 40.3 Å². The minimum Gasteiger partial charge on any atom is -0.309 e. The maximum absolute atomic E-state index is 12.1. The van der Waals surface area contributed by atoms with Gasteiger partial charge in [0.2, 0.25) is 0 Å². The molecule has 0 atom stereocenters. The SMILES string of the molecule is CCN(CCCN(C)C)CC(=O)c1ccc(Cl)cc1. The lowest BCUT2D eigenvalue weighted by Gasteiger charge is -2.20. The summed E-state index contributed by atoms with van der Waals surface area (Å²) in [6.45, 7) is 5.46. The number of hydrogen-bond acceptors (Lipinski definition) is 3. The Kier molecular flexibility index (Phi) is 7.06. The van der Waals surface area contributed by atoms with Gasteiger partial charge >= 0.3 is 0 Å². The standard InChI is InChI=1S/C15H23ClN2O/c1-4-18(11-5-10-17(2)3)12-15(19)13-6-8-14(16)9-7-13/h6-9H,4-5,10-12H2,1-3H3. The summed E-state index contributed by atoms with van der Waals surface area (Å²) < 4.78 is 0. The molecule has 0 amide bonds. The number of benzene rings is 1. The molecular weight excluding hydrogens is 260 g/mol. The Morgan fingerprint density at radius 2 is 1.79 bits per heavy atom. The highest BCUT2D eigenvalue weighted by atomic mass is 35.5. The molecule has 0 saturated heterocycles. The predicted molar refractivity (Wildman–Crippen MR) is 81.1 cm³/mol. The van der Waals surface area contributed by atoms with Crippen molar-refractivity contribution in [2.24, 2.45) is 0 Å². The van der Waals surface area contributed by atoms with Gasteiger partial charge in [0.05, 0.1) is 6.54 Å². The van der Waals surface area contributed by atoms with Crippen LogP contribution in [0, 0.1) is 0 Å². The third-order valence-corrected chi connectivity index (χ3v) is 3.31. The Labute approximate surface area is 121 Å². The zero-order valence-electron chi connectivity index (χ0n) is 12.0. The summed E-state index contributed by atoms with van der Waals surface area (Å²) in [5, 5.41) is 0.662. The van der Waals surface area contributed by atoms with Crippen LogP contribution in [-0.4, -0.2) is 55.9 Å². The first kappa shape index (κ1) is 16.2. The lowest BCUT2D eigenvalue weighted by Crippen LogP contribution is -2.32. The van der Waals surface area contributed by atoms with Crippen LogP contribution in [-0.2, 0) is 0 Å². The molecule has 1 rings (SSSR count). The summed E-state index contributed by atoms with van der Waals surface area (Å²) in [5.74, 6) is 0.156. The molecule has 0 saturated carbocycles. The lowest BCUT2D eigenvalue weighted by molar-refractivity contribution is 0.0932. The fourth-order valence-corrected chi connectivity index (χ4v) is 2.02. The van der Waals surface area contributed by atoms with Gasteiger partial charge in [-0.3, -0.25) is 9.69 Å². The van der Waals surface area contributed by atoms with Crippen LogP contribution in [0.3, 0.4) is 0 Å². The van der Waals surface area contributed by atoms with E-state index in [1.54, 1.807) is 24.3 Å². The Balaban J connectivity index is 2.46. The van der Waals surface area contributed by atoms with E-state index >= 15 is 0 Å². The van der Waals surface area contributed by atoms with Crippen LogP contribution in [0.5, 0.6) is 0 Å². The summed E-state index contributed by atoms with van der Waals surface area (Å²) in [4.78, 5) is 16.5. The van der Waals surface area contributed by atoms with E-state index in [0.717, 1.165) is 31.6 Å². The van der Waals surface area contributed by atoms with E-state index in [2.05, 4.69) is 30.8 Å². The molecule has 3 nitrogen and oxygen atoms in total. The van der Waals surface area contributed by atoms with E-state index in [-0.39, 0.29) is 5.78 Å². The topological polar surface area (TPSA) is 23.6 Å². The van der Waals surface area contributed by atoms with Crippen LogP contribution in [0.25, 0.3) is 0 Å². The molecule has 1 aromatic carbocycles. The maximum Gasteiger partial charge on any atom is 0.176 e. The van der Waals surface area contributed by atoms with Gasteiger partial charge < -0.3 is 4.90 Å². The van der Waals surface area contributed by atoms with Gasteiger partial charge in [0.25, 0.3) is 0 Å². The molecule has 106 valence electrons. The highest BCUT2D eigenvalue weighted by molar-refractivity contribution is 6.30. The molecule has 0 N–H and O–H groups in total. The van der Waals surface area contributed by atoms with Crippen molar-refractivity contribution in [3.63, 3.8) is 0 Å². The molecule has 0 fully saturated rings. The number of nitrogens with zero attached hydrogens (tertiary/aromatic N) is 2. The van der Waals surface area contributed by atoms with Crippen molar-refractivity contribution >= 4 is 17.4 Å². The second-order valence-corrected chi connectivity index (χ2v) is 5.39. The first-order chi connectivity index (χ1) is 9.02. The first-order valence-corrected chi connectivity index (χ1v) is 7.06. The fraction of sp³-hybridized carbons (Fsp3) is 0.533. The van der Waals surface area contributed by atoms with Crippen LogP contribution < -0.4 is 0 Å². The minimum atomic E-state index is 0.156. The van der Waals surface area contributed by atoms with Gasteiger partial charge in [0.1, 0.15) is 0 Å². The molecular formula is C15H23ClN2O. The number of hydrogen-bond donors (Lipinski definition) is 0. The third kappa shape index (κ3) is 6.19. The van der Waals surface area contributed by atoms with Gasteiger partial charge in [-0.25, -0.2) is 0 Å². The molecule has 4 heteroatoms. The van der Waals surface area contributed by atoms with Gasteiger partial charge in [-0.1, -0.05) is 18.5 Å². The number of rotatable bonds is 8. The van der Waals surface area contributed by atoms with Crippen LogP contribution in [0.4, 0.5) is 0 Å². The first-order valence-electron chi connectivity index (χ1n) is 6.68. The van der Waals surface area contributed by atoms with E-state index in [1.807, 2.05) is 0 Å². The van der Waals surface area contributed by atoms with Gasteiger partial charge in [0, 0.05) is 10.6 Å². The average molecular weight is 283 g/mol. The Morgan fingerprint density at radius 3 is 2.32 bits per heavy atom. The second kappa shape index (κ2) is 8.31. The van der Waals surface area contributed by atoms with Crippen molar-refractivity contribution in [3.05, 3.63) is 34.9 Å². The van der Waals surface area contributed by atoms with E-state index in [0.29, 0.717) is 11.6 Å². The molecule has 0 unspecified atom stereocenters. The highest BCUT2D eigenvalue weighted by Gasteiger charge is 2.11. The van der Waals surface area contributed by atoms with Crippen molar-refractivity contribution in [1.82, 2.24) is 9.80 Å². The molecule has 0 aliphatic heterocycles. The smallest absolute Gasteiger partial charge is 0.176 e. The number of likely N-dealkylation sites (N-methyl/N-ethyl adjacent to an activating group) is 1. The van der Waals surface area contributed by atoms with Crippen LogP contribution in [0.15, 0.2) is 24.3 Å². The third-order valence-electron chi connectivity index (χ3n) is 3.06. The van der Waals surface area contributed by atoms with Gasteiger partial charge in [-0.2, -0.15) is 0 Å². The lowest BCUT2D eigenvalue weighted by atomic mass is 10.1. The minimum absolute atomic E-state index is 0.156. The van der Waals surface area contributed by atoms with E-state index in [1.165, 1.54) is 0 Å². The fourth-order valence-electron chi connectivity index (χ4n) is 1.89. The molecule has 0 bridgehead atoms. The summed E-state index contributed by atoms with van der Waals surface area (Å²) in [6.07, 6.45) is 1.08. The number of ketones is 1. The summed E-state index contributed by atoms with van der Waals surface area (Å²) in [5.41, 5.74) is 0.732.